The molecule has 0 saturated carbocycles. The molecular weight excluding hydrogens is 222 g/mol. The Balaban J connectivity index is 2.48. The van der Waals surface area contributed by atoms with Crippen LogP contribution in [0.25, 0.3) is 0 Å². The van der Waals surface area contributed by atoms with Gasteiger partial charge in [-0.15, -0.1) is 0 Å². The molecule has 4 heteroatoms. The maximum atomic E-state index is 11.5. The molecule has 0 aromatic carbocycles. The van der Waals surface area contributed by atoms with Crippen molar-refractivity contribution in [3.63, 3.8) is 0 Å². The number of nitrogens with zero attached hydrogens (tertiary/aromatic N) is 1. The van der Waals surface area contributed by atoms with E-state index in [1.807, 2.05) is 0 Å². The van der Waals surface area contributed by atoms with Crippen molar-refractivity contribution in [3.05, 3.63) is 0 Å². The monoisotopic (exact) mass is 247 g/mol. The van der Waals surface area contributed by atoms with Crippen LogP contribution in [0, 0.1) is 0 Å². The van der Waals surface area contributed by atoms with E-state index in [-0.39, 0.29) is 0 Å². The predicted molar refractivity (Wildman–Crippen MR) is 68.4 cm³/mol. The van der Waals surface area contributed by atoms with Crippen molar-refractivity contribution in [2.45, 2.75) is 52.0 Å². The Morgan fingerprint density at radius 1 is 1.12 bits per heavy atom. The first-order chi connectivity index (χ1) is 7.59. The van der Waals surface area contributed by atoms with E-state index >= 15 is 0 Å². The van der Waals surface area contributed by atoms with Crippen molar-refractivity contribution in [1.82, 2.24) is 4.90 Å². The van der Waals surface area contributed by atoms with Gasteiger partial charge < -0.3 is 0 Å². The first-order valence-electron chi connectivity index (χ1n) is 6.53. The summed E-state index contributed by atoms with van der Waals surface area (Å²) in [4.78, 5) is 2.40. The highest BCUT2D eigenvalue weighted by molar-refractivity contribution is 7.91. The van der Waals surface area contributed by atoms with Crippen molar-refractivity contribution >= 4 is 9.84 Å². The lowest BCUT2D eigenvalue weighted by Gasteiger charge is -2.27. The topological polar surface area (TPSA) is 37.4 Å². The van der Waals surface area contributed by atoms with Crippen LogP contribution < -0.4 is 0 Å². The van der Waals surface area contributed by atoms with Crippen LogP contribution in [0.15, 0.2) is 0 Å². The van der Waals surface area contributed by atoms with Crippen molar-refractivity contribution < 1.29 is 8.42 Å². The van der Waals surface area contributed by atoms with Crippen LogP contribution in [-0.4, -0.2) is 44.0 Å². The van der Waals surface area contributed by atoms with Crippen molar-refractivity contribution in [2.75, 3.05) is 24.6 Å². The minimum absolute atomic E-state index is 0.295. The van der Waals surface area contributed by atoms with E-state index in [2.05, 4.69) is 18.7 Å². The lowest BCUT2D eigenvalue weighted by molar-refractivity contribution is 0.206. The summed E-state index contributed by atoms with van der Waals surface area (Å²) in [5.41, 5.74) is 0. The summed E-state index contributed by atoms with van der Waals surface area (Å²) >= 11 is 0. The molecule has 1 atom stereocenters. The largest absolute Gasteiger partial charge is 0.299 e. The highest BCUT2D eigenvalue weighted by atomic mass is 32.2. The van der Waals surface area contributed by atoms with Crippen molar-refractivity contribution in [1.29, 1.82) is 0 Å². The number of unbranched alkanes of at least 4 members (excludes halogenated alkanes) is 2. The van der Waals surface area contributed by atoms with Gasteiger partial charge in [0, 0.05) is 6.04 Å². The lowest BCUT2D eigenvalue weighted by Crippen LogP contribution is -2.37. The highest BCUT2D eigenvalue weighted by Crippen LogP contribution is 2.18. The summed E-state index contributed by atoms with van der Waals surface area (Å²) < 4.78 is 22.9. The van der Waals surface area contributed by atoms with Gasteiger partial charge in [0.2, 0.25) is 0 Å². The fourth-order valence-electron chi connectivity index (χ4n) is 2.26. The lowest BCUT2D eigenvalue weighted by atomic mass is 10.2. The first-order valence-corrected chi connectivity index (χ1v) is 8.35. The Morgan fingerprint density at radius 2 is 1.69 bits per heavy atom. The van der Waals surface area contributed by atoms with Gasteiger partial charge in [0.1, 0.15) is 0 Å². The summed E-state index contributed by atoms with van der Waals surface area (Å²) in [5.74, 6) is 0.785. The Labute approximate surface area is 100 Å². The molecule has 0 spiro atoms. The fourth-order valence-corrected chi connectivity index (χ4v) is 4.02. The maximum Gasteiger partial charge on any atom is 0.151 e. The Bertz CT molecular complexity index is 279. The van der Waals surface area contributed by atoms with Gasteiger partial charge in [-0.25, -0.2) is 8.42 Å². The molecule has 1 saturated heterocycles. The molecule has 1 aliphatic rings. The van der Waals surface area contributed by atoms with Crippen LogP contribution in [0.1, 0.15) is 46.0 Å². The Kier molecular flexibility index (Phi) is 5.76. The zero-order valence-electron chi connectivity index (χ0n) is 10.6. The zero-order chi connectivity index (χ0) is 12.0. The fraction of sp³-hybridized carbons (Fsp3) is 1.00. The van der Waals surface area contributed by atoms with Gasteiger partial charge >= 0.3 is 0 Å². The van der Waals surface area contributed by atoms with Gasteiger partial charge in [0.15, 0.2) is 9.84 Å². The molecule has 0 aliphatic carbocycles. The van der Waals surface area contributed by atoms with Crippen molar-refractivity contribution in [3.8, 4) is 0 Å². The third-order valence-corrected chi connectivity index (χ3v) is 5.07. The molecule has 0 amide bonds. The molecule has 0 N–H and O–H groups in total. The maximum absolute atomic E-state index is 11.5. The summed E-state index contributed by atoms with van der Waals surface area (Å²) in [6.45, 7) is 6.50. The summed E-state index contributed by atoms with van der Waals surface area (Å²) in [7, 11) is -2.73. The molecule has 96 valence electrons. The number of sulfone groups is 1. The van der Waals surface area contributed by atoms with Crippen LogP contribution >= 0.6 is 0 Å². The average Bonchev–Trinajstić information content (AvgIpc) is 2.59. The van der Waals surface area contributed by atoms with Gasteiger partial charge in [0.25, 0.3) is 0 Å². The van der Waals surface area contributed by atoms with E-state index in [9.17, 15) is 8.42 Å². The quantitative estimate of drug-likeness (QED) is 0.691. The van der Waals surface area contributed by atoms with Crippen LogP contribution in [0.3, 0.4) is 0 Å². The van der Waals surface area contributed by atoms with E-state index in [0.29, 0.717) is 17.5 Å². The van der Waals surface area contributed by atoms with E-state index < -0.39 is 9.84 Å². The van der Waals surface area contributed by atoms with Gasteiger partial charge in [-0.2, -0.15) is 0 Å². The predicted octanol–water partition coefficient (Wildman–Crippen LogP) is 2.08. The van der Waals surface area contributed by atoms with E-state index in [4.69, 9.17) is 0 Å². The molecule has 3 nitrogen and oxygen atoms in total. The summed E-state index contributed by atoms with van der Waals surface area (Å²) in [6.07, 6.45) is 5.57. The molecular formula is C12H25NO2S. The number of hydrogen-bond donors (Lipinski definition) is 0. The minimum Gasteiger partial charge on any atom is -0.299 e. The molecule has 16 heavy (non-hydrogen) atoms. The third-order valence-electron chi connectivity index (χ3n) is 3.32. The van der Waals surface area contributed by atoms with Gasteiger partial charge in [-0.3, -0.25) is 4.90 Å². The van der Waals surface area contributed by atoms with Crippen LogP contribution in [0.4, 0.5) is 0 Å². The van der Waals surface area contributed by atoms with Gasteiger partial charge in [0.05, 0.1) is 11.5 Å². The van der Waals surface area contributed by atoms with Crippen LogP contribution in [0.2, 0.25) is 0 Å². The second kappa shape index (κ2) is 6.60. The molecule has 1 heterocycles. The second-order valence-corrected chi connectivity index (χ2v) is 7.03. The highest BCUT2D eigenvalue weighted by Gasteiger charge is 2.31. The summed E-state index contributed by atoms with van der Waals surface area (Å²) in [5, 5.41) is 0. The molecule has 0 radical (unpaired) electrons. The number of rotatable bonds is 7. The average molecular weight is 247 g/mol. The molecule has 1 aliphatic heterocycles. The van der Waals surface area contributed by atoms with Gasteiger partial charge in [-0.1, -0.05) is 26.7 Å². The Morgan fingerprint density at radius 3 is 2.06 bits per heavy atom. The number of hydrogen-bond acceptors (Lipinski definition) is 3. The SMILES string of the molecule is CCCCN(CCCC)[C@@H]1CCS(=O)(=O)C1. The second-order valence-electron chi connectivity index (χ2n) is 4.80. The standard InChI is InChI=1S/C12H25NO2S/c1-3-5-8-13(9-6-4-2)12-7-10-16(14,15)11-12/h12H,3-11H2,1-2H3/t12-/m1/s1. The molecule has 0 aromatic heterocycles. The molecule has 0 unspecified atom stereocenters. The van der Waals surface area contributed by atoms with E-state index in [0.717, 1.165) is 19.5 Å². The smallest absolute Gasteiger partial charge is 0.151 e. The third kappa shape index (κ3) is 4.42. The molecule has 0 aromatic rings. The molecule has 0 bridgehead atoms. The Hall–Kier alpha value is -0.0900. The van der Waals surface area contributed by atoms with Gasteiger partial charge in [-0.05, 0) is 32.4 Å². The van der Waals surface area contributed by atoms with Crippen LogP contribution in [-0.2, 0) is 9.84 Å². The molecule has 1 rings (SSSR count). The first kappa shape index (κ1) is 14.0. The summed E-state index contributed by atoms with van der Waals surface area (Å²) in [6, 6.07) is 0.295. The normalized spacial score (nSPS) is 24.1. The van der Waals surface area contributed by atoms with E-state index in [1.165, 1.54) is 25.7 Å². The van der Waals surface area contributed by atoms with Crippen LogP contribution in [0.5, 0.6) is 0 Å². The molecule has 1 fully saturated rings. The zero-order valence-corrected chi connectivity index (χ0v) is 11.4. The van der Waals surface area contributed by atoms with E-state index in [1.54, 1.807) is 0 Å². The minimum atomic E-state index is -2.73. The van der Waals surface area contributed by atoms with Crippen molar-refractivity contribution in [2.24, 2.45) is 0 Å².